The number of hydrogen-bond donors (Lipinski definition) is 1. The van der Waals surface area contributed by atoms with Crippen LogP contribution in [0.15, 0.2) is 29.5 Å². The van der Waals surface area contributed by atoms with Gasteiger partial charge in [0.1, 0.15) is 5.69 Å². The molecule has 2 N–H and O–H groups in total. The molecule has 2 aromatic heterocycles. The molecule has 0 unspecified atom stereocenters. The zero-order valence-corrected chi connectivity index (χ0v) is 16.0. The van der Waals surface area contributed by atoms with Gasteiger partial charge in [0.2, 0.25) is 5.95 Å². The number of nitrogens with zero attached hydrogens (tertiary/aromatic N) is 5. The molecular formula is C20H28N6O. The van der Waals surface area contributed by atoms with Crippen molar-refractivity contribution in [2.75, 3.05) is 41.7 Å². The van der Waals surface area contributed by atoms with E-state index in [1.54, 1.807) is 4.57 Å². The topological polar surface area (TPSA) is 80.3 Å². The molecule has 1 saturated carbocycles. The van der Waals surface area contributed by atoms with Gasteiger partial charge in [-0.1, -0.05) is 13.3 Å². The van der Waals surface area contributed by atoms with Gasteiger partial charge in [0.05, 0.1) is 5.69 Å². The van der Waals surface area contributed by atoms with E-state index < -0.39 is 0 Å². The van der Waals surface area contributed by atoms with Crippen molar-refractivity contribution in [3.05, 3.63) is 40.6 Å². The molecule has 144 valence electrons. The summed E-state index contributed by atoms with van der Waals surface area (Å²) in [4.78, 5) is 26.0. The van der Waals surface area contributed by atoms with Crippen LogP contribution < -0.4 is 21.1 Å². The Balaban J connectivity index is 1.41. The van der Waals surface area contributed by atoms with Gasteiger partial charge in [0.15, 0.2) is 0 Å². The Bertz CT molecular complexity index is 835. The van der Waals surface area contributed by atoms with Gasteiger partial charge < -0.3 is 20.1 Å². The van der Waals surface area contributed by atoms with Gasteiger partial charge in [-0.3, -0.25) is 4.79 Å². The van der Waals surface area contributed by atoms with Crippen molar-refractivity contribution >= 4 is 17.3 Å². The Kier molecular flexibility index (Phi) is 5.01. The van der Waals surface area contributed by atoms with E-state index in [0.29, 0.717) is 11.6 Å². The van der Waals surface area contributed by atoms with Gasteiger partial charge in [-0.05, 0) is 36.8 Å². The van der Waals surface area contributed by atoms with Crippen molar-refractivity contribution in [3.63, 3.8) is 0 Å². The smallest absolute Gasteiger partial charge is 0.275 e. The SMILES string of the molecule is CCCCn1ccc(N2CCN(c3ncc(C4CC4)cn3)CC2)c(N)c1=O. The standard InChI is InChI=1S/C20H28N6O/c1-2-3-7-25-8-6-17(18(21)19(25)27)24-9-11-26(12-10-24)20-22-13-16(14-23-20)15-4-5-15/h6,8,13-15H,2-5,7,9-12,21H2,1H3. The molecule has 1 saturated heterocycles. The minimum Gasteiger partial charge on any atom is -0.393 e. The lowest BCUT2D eigenvalue weighted by atomic mass is 10.2. The third-order valence-electron chi connectivity index (χ3n) is 5.54. The highest BCUT2D eigenvalue weighted by molar-refractivity contribution is 5.66. The third-order valence-corrected chi connectivity index (χ3v) is 5.54. The van der Waals surface area contributed by atoms with Gasteiger partial charge in [0.25, 0.3) is 5.56 Å². The van der Waals surface area contributed by atoms with Gasteiger partial charge >= 0.3 is 0 Å². The summed E-state index contributed by atoms with van der Waals surface area (Å²) in [6.45, 7) is 6.09. The van der Waals surface area contributed by atoms with Crippen LogP contribution in [0.25, 0.3) is 0 Å². The molecule has 27 heavy (non-hydrogen) atoms. The number of rotatable bonds is 6. The van der Waals surface area contributed by atoms with Crippen LogP contribution in [0.1, 0.15) is 44.1 Å². The number of nitrogens with two attached hydrogens (primary N) is 1. The zero-order valence-electron chi connectivity index (χ0n) is 16.0. The average molecular weight is 368 g/mol. The third kappa shape index (κ3) is 3.77. The molecule has 0 amide bonds. The summed E-state index contributed by atoms with van der Waals surface area (Å²) in [7, 11) is 0. The van der Waals surface area contributed by atoms with E-state index in [1.165, 1.54) is 18.4 Å². The maximum Gasteiger partial charge on any atom is 0.275 e. The number of unbranched alkanes of at least 4 members (excludes halogenated alkanes) is 1. The largest absolute Gasteiger partial charge is 0.393 e. The van der Waals surface area contributed by atoms with Crippen LogP contribution in [0.5, 0.6) is 0 Å². The molecule has 2 aromatic rings. The second-order valence-electron chi connectivity index (χ2n) is 7.53. The van der Waals surface area contributed by atoms with E-state index in [2.05, 4.69) is 26.7 Å². The Labute approximate surface area is 159 Å². The molecule has 3 heterocycles. The van der Waals surface area contributed by atoms with E-state index in [0.717, 1.165) is 57.2 Å². The zero-order chi connectivity index (χ0) is 18.8. The van der Waals surface area contributed by atoms with Crippen LogP contribution in [0.2, 0.25) is 0 Å². The number of piperazine rings is 1. The number of anilines is 3. The predicted molar refractivity (Wildman–Crippen MR) is 108 cm³/mol. The van der Waals surface area contributed by atoms with E-state index in [4.69, 9.17) is 5.73 Å². The molecule has 4 rings (SSSR count). The van der Waals surface area contributed by atoms with Crippen molar-refractivity contribution in [3.8, 4) is 0 Å². The lowest BCUT2D eigenvalue weighted by Gasteiger charge is -2.36. The maximum atomic E-state index is 12.5. The summed E-state index contributed by atoms with van der Waals surface area (Å²) in [5.41, 5.74) is 8.54. The molecule has 7 nitrogen and oxygen atoms in total. The fourth-order valence-electron chi connectivity index (χ4n) is 3.63. The van der Waals surface area contributed by atoms with Crippen LogP contribution >= 0.6 is 0 Å². The van der Waals surface area contributed by atoms with Crippen molar-refractivity contribution in [2.45, 2.75) is 45.1 Å². The minimum absolute atomic E-state index is 0.0811. The summed E-state index contributed by atoms with van der Waals surface area (Å²) >= 11 is 0. The van der Waals surface area contributed by atoms with E-state index >= 15 is 0 Å². The summed E-state index contributed by atoms with van der Waals surface area (Å²) in [5, 5.41) is 0. The lowest BCUT2D eigenvalue weighted by molar-refractivity contribution is 0.610. The number of pyridine rings is 1. The van der Waals surface area contributed by atoms with Crippen molar-refractivity contribution < 1.29 is 0 Å². The first-order chi connectivity index (χ1) is 13.2. The highest BCUT2D eigenvalue weighted by Gasteiger charge is 2.25. The molecule has 7 heteroatoms. The molecule has 0 bridgehead atoms. The van der Waals surface area contributed by atoms with Crippen molar-refractivity contribution in [1.29, 1.82) is 0 Å². The van der Waals surface area contributed by atoms with Crippen molar-refractivity contribution in [2.24, 2.45) is 0 Å². The number of hydrogen-bond acceptors (Lipinski definition) is 6. The molecule has 0 atom stereocenters. The summed E-state index contributed by atoms with van der Waals surface area (Å²) in [6.07, 6.45) is 10.4. The van der Waals surface area contributed by atoms with Crippen LogP contribution in [-0.4, -0.2) is 40.7 Å². The highest BCUT2D eigenvalue weighted by Crippen LogP contribution is 2.39. The van der Waals surface area contributed by atoms with Gasteiger partial charge in [-0.2, -0.15) is 0 Å². The second kappa shape index (κ2) is 7.58. The molecule has 0 aromatic carbocycles. The molecule has 1 aliphatic heterocycles. The Morgan fingerprint density at radius 1 is 1.11 bits per heavy atom. The van der Waals surface area contributed by atoms with E-state index in [9.17, 15) is 4.79 Å². The number of aryl methyl sites for hydroxylation is 1. The maximum absolute atomic E-state index is 12.5. The van der Waals surface area contributed by atoms with Crippen molar-refractivity contribution in [1.82, 2.24) is 14.5 Å². The lowest BCUT2D eigenvalue weighted by Crippen LogP contribution is -2.47. The van der Waals surface area contributed by atoms with Gasteiger partial charge in [-0.25, -0.2) is 9.97 Å². The quantitative estimate of drug-likeness (QED) is 0.842. The first-order valence-electron chi connectivity index (χ1n) is 9.98. The monoisotopic (exact) mass is 368 g/mol. The van der Waals surface area contributed by atoms with Crippen LogP contribution in [0.4, 0.5) is 17.3 Å². The van der Waals surface area contributed by atoms with Gasteiger partial charge in [-0.15, -0.1) is 0 Å². The average Bonchev–Trinajstić information content (AvgIpc) is 3.55. The van der Waals surface area contributed by atoms with E-state index in [-0.39, 0.29) is 5.56 Å². The van der Waals surface area contributed by atoms with Crippen LogP contribution in [0, 0.1) is 0 Å². The molecule has 1 aliphatic carbocycles. The summed E-state index contributed by atoms with van der Waals surface area (Å²) < 4.78 is 1.72. The summed E-state index contributed by atoms with van der Waals surface area (Å²) in [5.74, 6) is 1.47. The predicted octanol–water partition coefficient (Wildman–Crippen LogP) is 2.22. The fourth-order valence-corrected chi connectivity index (χ4v) is 3.63. The molecule has 0 radical (unpaired) electrons. The number of nitrogen functional groups attached to an aromatic ring is 1. The molecular weight excluding hydrogens is 340 g/mol. The molecule has 0 spiro atoms. The summed E-state index contributed by atoms with van der Waals surface area (Å²) in [6, 6.07) is 1.98. The Morgan fingerprint density at radius 2 is 1.78 bits per heavy atom. The van der Waals surface area contributed by atoms with E-state index in [1.807, 2.05) is 24.7 Å². The first kappa shape index (κ1) is 17.8. The minimum atomic E-state index is -0.0811. The normalized spacial score (nSPS) is 17.4. The fraction of sp³-hybridized carbons (Fsp3) is 0.550. The first-order valence-corrected chi connectivity index (χ1v) is 9.98. The highest BCUT2D eigenvalue weighted by atomic mass is 16.1. The molecule has 2 aliphatic rings. The van der Waals surface area contributed by atoms with Gasteiger partial charge in [0, 0.05) is 51.3 Å². The number of aromatic nitrogens is 3. The van der Waals surface area contributed by atoms with Crippen LogP contribution in [0.3, 0.4) is 0 Å². The molecule has 2 fully saturated rings. The Morgan fingerprint density at radius 3 is 2.41 bits per heavy atom. The second-order valence-corrected chi connectivity index (χ2v) is 7.53. The Hall–Kier alpha value is -2.57. The van der Waals surface area contributed by atoms with Crippen LogP contribution in [-0.2, 0) is 6.54 Å².